The quantitative estimate of drug-likeness (QED) is 0.329. The van der Waals surface area contributed by atoms with E-state index in [1.165, 1.54) is 11.1 Å². The van der Waals surface area contributed by atoms with Crippen LogP contribution in [0.1, 0.15) is 54.9 Å². The number of fused-ring (bicyclic) bond motifs is 1. The van der Waals surface area contributed by atoms with Crippen molar-refractivity contribution < 1.29 is 24.2 Å². The van der Waals surface area contributed by atoms with E-state index in [0.29, 0.717) is 31.7 Å². The Balaban J connectivity index is 1.41. The lowest BCUT2D eigenvalue weighted by atomic mass is 9.78. The lowest BCUT2D eigenvalue weighted by molar-refractivity contribution is -0.147. The van der Waals surface area contributed by atoms with Crippen molar-refractivity contribution in [2.45, 2.75) is 65.1 Å². The van der Waals surface area contributed by atoms with Crippen molar-refractivity contribution in [2.75, 3.05) is 11.9 Å². The number of hydrogen-bond donors (Lipinski definition) is 2. The second-order valence-electron chi connectivity index (χ2n) is 10.7. The maximum atomic E-state index is 13.2. The maximum absolute atomic E-state index is 13.2. The number of rotatable bonds is 9. The monoisotopic (exact) mass is 527 g/mol. The Labute approximate surface area is 230 Å². The highest BCUT2D eigenvalue weighted by Crippen LogP contribution is 2.36. The first-order valence-corrected chi connectivity index (χ1v) is 14.0. The first kappa shape index (κ1) is 26.9. The number of amides is 1. The summed E-state index contributed by atoms with van der Waals surface area (Å²) in [7, 11) is 0. The molecule has 2 aliphatic carbocycles. The van der Waals surface area contributed by atoms with E-state index in [0.717, 1.165) is 53.7 Å². The molecule has 0 unspecified atom stereocenters. The number of anilines is 1. The Kier molecular flexibility index (Phi) is 8.32. The molecule has 1 amide bonds. The van der Waals surface area contributed by atoms with Gasteiger partial charge >= 0.3 is 5.97 Å². The Morgan fingerprint density at radius 2 is 1.64 bits per heavy atom. The number of carbonyl (C=O) groups is 2. The zero-order valence-corrected chi connectivity index (χ0v) is 22.7. The first-order valence-electron chi connectivity index (χ1n) is 14.0. The van der Waals surface area contributed by atoms with Gasteiger partial charge in [-0.25, -0.2) is 0 Å². The molecule has 2 N–H and O–H groups in total. The van der Waals surface area contributed by atoms with E-state index >= 15 is 0 Å². The summed E-state index contributed by atoms with van der Waals surface area (Å²) in [6.45, 7) is 5.02. The van der Waals surface area contributed by atoms with Gasteiger partial charge in [0, 0.05) is 5.69 Å². The average molecular weight is 528 g/mol. The molecule has 2 atom stereocenters. The predicted octanol–water partition coefficient (Wildman–Crippen LogP) is 6.57. The molecule has 204 valence electrons. The van der Waals surface area contributed by atoms with Crippen LogP contribution in [0.25, 0.3) is 11.1 Å². The second kappa shape index (κ2) is 12.0. The van der Waals surface area contributed by atoms with Gasteiger partial charge in [0.25, 0.3) is 0 Å². The third-order valence-electron chi connectivity index (χ3n) is 8.15. The minimum Gasteiger partial charge on any atom is -0.494 e. The highest BCUT2D eigenvalue weighted by Gasteiger charge is 2.35. The fourth-order valence-corrected chi connectivity index (χ4v) is 6.09. The van der Waals surface area contributed by atoms with E-state index in [1.807, 2.05) is 37.3 Å². The number of carboxylic acid groups (broad SMARTS) is 1. The molecule has 3 aromatic carbocycles. The van der Waals surface area contributed by atoms with Crippen LogP contribution in [0.4, 0.5) is 5.69 Å². The third kappa shape index (κ3) is 6.01. The van der Waals surface area contributed by atoms with Crippen molar-refractivity contribution in [3.63, 3.8) is 0 Å². The van der Waals surface area contributed by atoms with Gasteiger partial charge in [-0.3, -0.25) is 9.59 Å². The number of carboxylic acids is 1. The molecule has 2 aliphatic rings. The van der Waals surface area contributed by atoms with Gasteiger partial charge in [0.2, 0.25) is 5.91 Å². The largest absolute Gasteiger partial charge is 0.494 e. The van der Waals surface area contributed by atoms with E-state index in [9.17, 15) is 14.7 Å². The van der Waals surface area contributed by atoms with Crippen molar-refractivity contribution in [3.8, 4) is 16.9 Å². The van der Waals surface area contributed by atoms with Gasteiger partial charge < -0.3 is 19.9 Å². The highest BCUT2D eigenvalue weighted by atomic mass is 16.5. The molecule has 0 bridgehead atoms. The molecule has 6 nitrogen and oxygen atoms in total. The molecule has 0 spiro atoms. The summed E-state index contributed by atoms with van der Waals surface area (Å²) >= 11 is 0. The van der Waals surface area contributed by atoms with Crippen LogP contribution < -0.4 is 10.1 Å². The van der Waals surface area contributed by atoms with Crippen LogP contribution in [-0.2, 0) is 33.8 Å². The molecular formula is C33H37NO5. The van der Waals surface area contributed by atoms with Crippen LogP contribution >= 0.6 is 0 Å². The standard InChI is InChI=1S/C33H37NO5/c1-3-38-31-14-8-13-27(21(31)2)28-16-15-25(34-32(35)29-11-6-7-12-30(29)33(36)37)17-24(28)20-39-26-18-22-9-4-5-10-23(22)19-26/h4-5,8-10,13-17,26,29-30H,3,6-7,11-12,18-20H2,1-2H3,(H,34,35)(H,36,37)/t29-,30+/m1/s1. The van der Waals surface area contributed by atoms with Crippen molar-refractivity contribution in [3.05, 3.63) is 82.9 Å². The molecule has 0 aromatic heterocycles. The molecule has 6 heteroatoms. The van der Waals surface area contributed by atoms with E-state index < -0.39 is 17.8 Å². The molecule has 1 fully saturated rings. The van der Waals surface area contributed by atoms with E-state index in [4.69, 9.17) is 9.47 Å². The van der Waals surface area contributed by atoms with Gasteiger partial charge in [0.1, 0.15) is 5.75 Å². The molecule has 0 saturated heterocycles. The second-order valence-corrected chi connectivity index (χ2v) is 10.7. The maximum Gasteiger partial charge on any atom is 0.307 e. The lowest BCUT2D eigenvalue weighted by Gasteiger charge is -2.27. The molecule has 0 radical (unpaired) electrons. The fourth-order valence-electron chi connectivity index (χ4n) is 6.09. The molecule has 5 rings (SSSR count). The summed E-state index contributed by atoms with van der Waals surface area (Å²) in [6.07, 6.45) is 4.75. The summed E-state index contributed by atoms with van der Waals surface area (Å²) < 4.78 is 12.3. The van der Waals surface area contributed by atoms with Crippen LogP contribution in [0.5, 0.6) is 5.75 Å². The zero-order chi connectivity index (χ0) is 27.4. The number of aliphatic carboxylic acids is 1. The number of carbonyl (C=O) groups excluding carboxylic acids is 1. The number of hydrogen-bond acceptors (Lipinski definition) is 4. The average Bonchev–Trinajstić information content (AvgIpc) is 3.36. The van der Waals surface area contributed by atoms with Gasteiger partial charge in [0.05, 0.1) is 31.2 Å². The Bertz CT molecular complexity index is 1320. The molecular weight excluding hydrogens is 490 g/mol. The molecule has 0 heterocycles. The predicted molar refractivity (Wildman–Crippen MR) is 152 cm³/mol. The van der Waals surface area contributed by atoms with Gasteiger partial charge in [-0.05, 0) is 91.1 Å². The van der Waals surface area contributed by atoms with Gasteiger partial charge in [-0.1, -0.05) is 55.3 Å². The van der Waals surface area contributed by atoms with Crippen molar-refractivity contribution in [1.82, 2.24) is 0 Å². The third-order valence-corrected chi connectivity index (χ3v) is 8.15. The first-order chi connectivity index (χ1) is 18.9. The molecule has 3 aromatic rings. The number of nitrogens with one attached hydrogen (secondary N) is 1. The van der Waals surface area contributed by atoms with E-state index in [2.05, 4.69) is 42.6 Å². The van der Waals surface area contributed by atoms with Crippen LogP contribution in [0.3, 0.4) is 0 Å². The normalized spacial score (nSPS) is 18.9. The fraction of sp³-hybridized carbons (Fsp3) is 0.394. The molecule has 0 aliphatic heterocycles. The summed E-state index contributed by atoms with van der Waals surface area (Å²) in [5.41, 5.74) is 7.45. The highest BCUT2D eigenvalue weighted by molar-refractivity contribution is 5.95. The van der Waals surface area contributed by atoms with Crippen LogP contribution in [0.15, 0.2) is 60.7 Å². The summed E-state index contributed by atoms with van der Waals surface area (Å²) in [4.78, 5) is 25.0. The molecule has 39 heavy (non-hydrogen) atoms. The van der Waals surface area contributed by atoms with Crippen molar-refractivity contribution >= 4 is 17.6 Å². The van der Waals surface area contributed by atoms with Gasteiger partial charge in [-0.2, -0.15) is 0 Å². The Morgan fingerprint density at radius 1 is 0.923 bits per heavy atom. The van der Waals surface area contributed by atoms with E-state index in [1.54, 1.807) is 0 Å². The topological polar surface area (TPSA) is 84.9 Å². The Morgan fingerprint density at radius 3 is 2.33 bits per heavy atom. The number of benzene rings is 3. The zero-order valence-electron chi connectivity index (χ0n) is 22.7. The SMILES string of the molecule is CCOc1cccc(-c2ccc(NC(=O)[C@@H]3CCCC[C@@H]3C(=O)O)cc2COC2Cc3ccccc3C2)c1C. The van der Waals surface area contributed by atoms with Gasteiger partial charge in [0.15, 0.2) is 0 Å². The van der Waals surface area contributed by atoms with E-state index in [-0.39, 0.29) is 12.0 Å². The minimum absolute atomic E-state index is 0.0999. The van der Waals surface area contributed by atoms with Gasteiger partial charge in [-0.15, -0.1) is 0 Å². The molecule has 1 saturated carbocycles. The van der Waals surface area contributed by atoms with Crippen molar-refractivity contribution in [2.24, 2.45) is 11.8 Å². The smallest absolute Gasteiger partial charge is 0.307 e. The van der Waals surface area contributed by atoms with Crippen molar-refractivity contribution in [1.29, 1.82) is 0 Å². The Hall–Kier alpha value is -3.64. The number of ether oxygens (including phenoxy) is 2. The lowest BCUT2D eigenvalue weighted by Crippen LogP contribution is -2.36. The minimum atomic E-state index is -0.887. The summed E-state index contributed by atoms with van der Waals surface area (Å²) in [6, 6.07) is 20.4. The summed E-state index contributed by atoms with van der Waals surface area (Å²) in [5, 5.41) is 12.7. The summed E-state index contributed by atoms with van der Waals surface area (Å²) in [5.74, 6) is -1.40. The van der Waals surface area contributed by atoms with Crippen LogP contribution in [-0.4, -0.2) is 29.7 Å². The van der Waals surface area contributed by atoms with Crippen LogP contribution in [0.2, 0.25) is 0 Å². The van der Waals surface area contributed by atoms with Crippen LogP contribution in [0, 0.1) is 18.8 Å².